The van der Waals surface area contributed by atoms with Gasteiger partial charge in [0, 0.05) is 32.4 Å². The highest BCUT2D eigenvalue weighted by molar-refractivity contribution is 7.89. The average Bonchev–Trinajstić information content (AvgIpc) is 3.10. The molecule has 0 spiro atoms. The number of carbonyl (C=O) groups is 2. The van der Waals surface area contributed by atoms with Crippen LogP contribution in [-0.4, -0.2) is 60.6 Å². The first-order valence-corrected chi connectivity index (χ1v) is 12.3. The third-order valence-corrected chi connectivity index (χ3v) is 8.12. The van der Waals surface area contributed by atoms with E-state index in [1.807, 2.05) is 0 Å². The third-order valence-electron chi connectivity index (χ3n) is 6.14. The highest BCUT2D eigenvalue weighted by Gasteiger charge is 2.38. The number of para-hydroxylation sites is 1. The monoisotopic (exact) mass is 498 g/mol. The topological polar surface area (TPSA) is 90.9 Å². The lowest BCUT2D eigenvalue weighted by Gasteiger charge is -2.35. The molecule has 0 saturated carbocycles. The summed E-state index contributed by atoms with van der Waals surface area (Å²) in [5.41, 5.74) is 0.620. The number of aromatic nitrogens is 1. The summed E-state index contributed by atoms with van der Waals surface area (Å²) in [6.07, 6.45) is 1.39. The van der Waals surface area contributed by atoms with Crippen molar-refractivity contribution in [1.29, 1.82) is 0 Å². The van der Waals surface area contributed by atoms with Crippen molar-refractivity contribution in [2.75, 3.05) is 31.1 Å². The summed E-state index contributed by atoms with van der Waals surface area (Å²) in [5.74, 6) is -2.39. The number of sulfonamides is 1. The predicted molar refractivity (Wildman–Crippen MR) is 122 cm³/mol. The number of halogens is 2. The van der Waals surface area contributed by atoms with E-state index >= 15 is 0 Å². The van der Waals surface area contributed by atoms with Crippen molar-refractivity contribution in [3.05, 3.63) is 89.2 Å². The maximum Gasteiger partial charge on any atom is 0.280 e. The van der Waals surface area contributed by atoms with Gasteiger partial charge in [-0.05, 0) is 42.0 Å². The smallest absolute Gasteiger partial charge is 0.280 e. The molecule has 2 aliphatic rings. The fraction of sp³-hybridized carbons (Fsp3) is 0.208. The van der Waals surface area contributed by atoms with E-state index in [0.29, 0.717) is 5.69 Å². The van der Waals surface area contributed by atoms with E-state index in [1.165, 1.54) is 34.8 Å². The second kappa shape index (κ2) is 8.82. The van der Waals surface area contributed by atoms with Crippen LogP contribution in [0.1, 0.15) is 26.4 Å². The number of imide groups is 1. The fourth-order valence-electron chi connectivity index (χ4n) is 4.34. The Bertz CT molecular complexity index is 1400. The maximum absolute atomic E-state index is 14.2. The highest BCUT2D eigenvalue weighted by Crippen LogP contribution is 2.29. The van der Waals surface area contributed by atoms with Crippen molar-refractivity contribution < 1.29 is 26.8 Å². The number of pyridine rings is 1. The number of hydrogen-bond donors (Lipinski definition) is 0. The van der Waals surface area contributed by atoms with E-state index in [1.54, 1.807) is 23.1 Å². The fourth-order valence-corrected chi connectivity index (χ4v) is 5.99. The van der Waals surface area contributed by atoms with Crippen molar-refractivity contribution in [2.45, 2.75) is 11.4 Å². The van der Waals surface area contributed by atoms with Gasteiger partial charge in [-0.2, -0.15) is 4.31 Å². The van der Waals surface area contributed by atoms with Crippen LogP contribution in [0.2, 0.25) is 0 Å². The van der Waals surface area contributed by atoms with E-state index < -0.39 is 33.5 Å². The van der Waals surface area contributed by atoms with E-state index in [9.17, 15) is 26.8 Å². The number of anilines is 1. The van der Waals surface area contributed by atoms with Crippen LogP contribution >= 0.6 is 0 Å². The number of nitrogens with zero attached hydrogens (tertiary/aromatic N) is 4. The van der Waals surface area contributed by atoms with Crippen molar-refractivity contribution in [3.63, 3.8) is 0 Å². The molecule has 0 N–H and O–H groups in total. The van der Waals surface area contributed by atoms with Gasteiger partial charge < -0.3 is 4.90 Å². The number of amides is 2. The molecular formula is C24H20F2N4O4S. The Morgan fingerprint density at radius 2 is 1.63 bits per heavy atom. The Hall–Kier alpha value is -3.70. The Balaban J connectivity index is 1.40. The second-order valence-electron chi connectivity index (χ2n) is 8.19. The zero-order valence-corrected chi connectivity index (χ0v) is 19.2. The highest BCUT2D eigenvalue weighted by atomic mass is 32.2. The first-order valence-electron chi connectivity index (χ1n) is 10.9. The number of piperazine rings is 1. The van der Waals surface area contributed by atoms with Crippen LogP contribution in [0.5, 0.6) is 0 Å². The molecule has 1 aromatic heterocycles. The molecule has 0 radical (unpaired) electrons. The van der Waals surface area contributed by atoms with Gasteiger partial charge in [0.2, 0.25) is 10.0 Å². The van der Waals surface area contributed by atoms with Crippen LogP contribution < -0.4 is 4.90 Å². The van der Waals surface area contributed by atoms with Gasteiger partial charge in [-0.15, -0.1) is 0 Å². The zero-order chi connectivity index (χ0) is 24.7. The van der Waals surface area contributed by atoms with Crippen LogP contribution in [0, 0.1) is 11.6 Å². The Morgan fingerprint density at radius 3 is 2.34 bits per heavy atom. The molecule has 0 aliphatic carbocycles. The number of carbonyl (C=O) groups excluding carboxylic acids is 2. The van der Waals surface area contributed by atoms with Crippen LogP contribution in [0.25, 0.3) is 0 Å². The van der Waals surface area contributed by atoms with Crippen molar-refractivity contribution in [2.24, 2.45) is 0 Å². The van der Waals surface area contributed by atoms with Gasteiger partial charge in [0.05, 0.1) is 22.7 Å². The molecule has 3 aromatic rings. The first-order chi connectivity index (χ1) is 16.8. The maximum atomic E-state index is 14.2. The number of benzene rings is 2. The average molecular weight is 499 g/mol. The largest absolute Gasteiger partial charge is 0.367 e. The molecule has 0 unspecified atom stereocenters. The molecule has 2 amide bonds. The predicted octanol–water partition coefficient (Wildman–Crippen LogP) is 2.67. The minimum atomic E-state index is -4.17. The van der Waals surface area contributed by atoms with Gasteiger partial charge in [0.25, 0.3) is 11.8 Å². The molecule has 8 nitrogen and oxygen atoms in total. The van der Waals surface area contributed by atoms with Crippen molar-refractivity contribution in [3.8, 4) is 0 Å². The minimum Gasteiger partial charge on any atom is -0.367 e. The Labute approximate surface area is 200 Å². The molecule has 1 fully saturated rings. The molecule has 0 atom stereocenters. The molecule has 11 heteroatoms. The van der Waals surface area contributed by atoms with Gasteiger partial charge in [0.1, 0.15) is 17.3 Å². The quantitative estimate of drug-likeness (QED) is 0.503. The minimum absolute atomic E-state index is 0.00622. The summed E-state index contributed by atoms with van der Waals surface area (Å²) in [7, 11) is -4.17. The molecule has 180 valence electrons. The molecule has 1 saturated heterocycles. The van der Waals surface area contributed by atoms with Crippen molar-refractivity contribution >= 4 is 27.5 Å². The summed E-state index contributed by atoms with van der Waals surface area (Å²) in [6, 6.07) is 12.5. The normalized spacial score (nSPS) is 16.6. The van der Waals surface area contributed by atoms with E-state index in [-0.39, 0.29) is 54.4 Å². The lowest BCUT2D eigenvalue weighted by atomic mass is 10.2. The summed E-state index contributed by atoms with van der Waals surface area (Å²) in [4.78, 5) is 31.7. The summed E-state index contributed by atoms with van der Waals surface area (Å²) in [5, 5.41) is 0. The van der Waals surface area contributed by atoms with Crippen molar-refractivity contribution in [1.82, 2.24) is 14.2 Å². The molecule has 0 bridgehead atoms. The lowest BCUT2D eigenvalue weighted by Crippen LogP contribution is -2.49. The van der Waals surface area contributed by atoms with E-state index in [4.69, 9.17) is 0 Å². The zero-order valence-electron chi connectivity index (χ0n) is 18.4. The van der Waals surface area contributed by atoms with Gasteiger partial charge in [0.15, 0.2) is 0 Å². The lowest BCUT2D eigenvalue weighted by molar-refractivity contribution is 0.0639. The van der Waals surface area contributed by atoms with Crippen LogP contribution in [0.15, 0.2) is 65.7 Å². The molecule has 5 rings (SSSR count). The summed E-state index contributed by atoms with van der Waals surface area (Å²) in [6.45, 7) is 0.259. The van der Waals surface area contributed by atoms with Crippen LogP contribution in [-0.2, 0) is 16.6 Å². The van der Waals surface area contributed by atoms with Gasteiger partial charge >= 0.3 is 0 Å². The molecular weight excluding hydrogens is 478 g/mol. The summed E-state index contributed by atoms with van der Waals surface area (Å²) < 4.78 is 56.5. The van der Waals surface area contributed by atoms with E-state index in [2.05, 4.69) is 4.98 Å². The Kier molecular flexibility index (Phi) is 5.81. The molecule has 35 heavy (non-hydrogen) atoms. The number of fused-ring (bicyclic) bond motifs is 1. The third kappa shape index (κ3) is 4.06. The van der Waals surface area contributed by atoms with E-state index in [0.717, 1.165) is 17.0 Å². The summed E-state index contributed by atoms with van der Waals surface area (Å²) >= 11 is 0. The van der Waals surface area contributed by atoms with Crippen LogP contribution in [0.3, 0.4) is 0 Å². The Morgan fingerprint density at radius 1 is 0.886 bits per heavy atom. The number of rotatable bonds is 5. The standard InChI is InChI=1S/C24H20F2N4O4S/c25-17-8-7-16(15-30-23(31)18-4-3-9-27-22(18)24(30)32)21(14-17)35(33,34)29-12-10-28(11-13-29)20-6-2-1-5-19(20)26/h1-9,14H,10-13,15H2. The first kappa shape index (κ1) is 23.1. The SMILES string of the molecule is O=C1c2cccnc2C(=O)N1Cc1ccc(F)cc1S(=O)(=O)N1CCN(c2ccccc2F)CC1. The van der Waals surface area contributed by atoms with Gasteiger partial charge in [-0.1, -0.05) is 18.2 Å². The van der Waals surface area contributed by atoms with Gasteiger partial charge in [-0.3, -0.25) is 19.5 Å². The van der Waals surface area contributed by atoms with Crippen LogP contribution in [0.4, 0.5) is 14.5 Å². The molecule has 2 aliphatic heterocycles. The second-order valence-corrected chi connectivity index (χ2v) is 10.1. The van der Waals surface area contributed by atoms with Gasteiger partial charge in [-0.25, -0.2) is 17.2 Å². The molecule has 2 aromatic carbocycles. The molecule has 3 heterocycles. The number of hydrogen-bond acceptors (Lipinski definition) is 6.